The van der Waals surface area contributed by atoms with E-state index in [4.69, 9.17) is 124 Å². The third-order valence-corrected chi connectivity index (χ3v) is 13.4. The number of hydrogen-bond donors (Lipinski definition) is 3. The molecule has 0 unspecified atom stereocenters. The first-order valence-corrected chi connectivity index (χ1v) is 35.8. The lowest BCUT2D eigenvalue weighted by Crippen LogP contribution is -2.20. The van der Waals surface area contributed by atoms with Gasteiger partial charge in [0.2, 0.25) is 0 Å². The molecule has 0 aliphatic heterocycles. The molecule has 0 radical (unpaired) electrons. The highest BCUT2D eigenvalue weighted by Gasteiger charge is 2.17. The van der Waals surface area contributed by atoms with Crippen LogP contribution in [0.4, 0.5) is 5.82 Å². The number of unbranched alkanes of at least 4 members (excludes halogenated alkanes) is 1. The third kappa shape index (κ3) is 58.7. The average Bonchev–Trinajstić information content (AvgIpc) is 1.67. The monoisotopic (exact) mass is 1450 g/mol. The minimum atomic E-state index is -0.0257. The molecule has 0 fully saturated rings. The van der Waals surface area contributed by atoms with Crippen LogP contribution < -0.4 is 15.4 Å². The van der Waals surface area contributed by atoms with Crippen LogP contribution in [-0.2, 0) is 128 Å². The van der Waals surface area contributed by atoms with E-state index in [1.54, 1.807) is 0 Å². The summed E-state index contributed by atoms with van der Waals surface area (Å²) in [6.07, 6.45) is 2.98. The standard InChI is InChI=1S/C68H123N9O24/c1-4-5-6-64-73-65-66(74-64)68(101-61(2)3)76-75-67(65)71-60-63-9-7-62(8-10-63)59-70-11-13-78-15-17-80-19-21-82-23-25-84-27-29-86-31-33-88-35-37-90-39-41-92-43-45-94-47-49-96-51-53-98-55-57-100-58-56-99-54-52-97-50-48-95-46-44-93-42-40-91-38-36-89-34-32-87-30-28-85-26-24-83-22-20-81-18-16-79-14-12-72-77-69/h7-10,61,70H,4-6,11-60H2,1-3H3,(H,71,75)(H,73,74). The largest absolute Gasteiger partial charge is 0.472 e. The van der Waals surface area contributed by atoms with Gasteiger partial charge in [-0.3, -0.25) is 0 Å². The summed E-state index contributed by atoms with van der Waals surface area (Å²) in [5.41, 5.74) is 12.0. The first-order valence-electron chi connectivity index (χ1n) is 35.8. The zero-order valence-electron chi connectivity index (χ0n) is 60.8. The molecule has 2 heterocycles. The molecule has 0 amide bonds. The minimum Gasteiger partial charge on any atom is -0.472 e. The van der Waals surface area contributed by atoms with Crippen LogP contribution in [0.15, 0.2) is 29.4 Å². The van der Waals surface area contributed by atoms with Crippen LogP contribution in [0.5, 0.6) is 5.88 Å². The van der Waals surface area contributed by atoms with E-state index < -0.39 is 0 Å². The Morgan fingerprint density at radius 1 is 0.386 bits per heavy atom. The molecule has 33 nitrogen and oxygen atoms in total. The van der Waals surface area contributed by atoms with Crippen molar-refractivity contribution in [3.05, 3.63) is 51.7 Å². The quantitative estimate of drug-likeness (QED) is 0.0293. The molecule has 3 rings (SSSR count). The Morgan fingerprint density at radius 2 is 0.663 bits per heavy atom. The van der Waals surface area contributed by atoms with Crippen LogP contribution >= 0.6 is 0 Å². The maximum atomic E-state index is 8.18. The van der Waals surface area contributed by atoms with Crippen molar-refractivity contribution >= 4 is 16.9 Å². The maximum absolute atomic E-state index is 8.18. The van der Waals surface area contributed by atoms with Gasteiger partial charge in [0.25, 0.3) is 5.88 Å². The number of nitrogens with zero attached hydrogens (tertiary/aromatic N) is 6. The number of nitrogens with one attached hydrogen (secondary N) is 3. The molecule has 0 atom stereocenters. The number of hydrogen-bond acceptors (Lipinski definition) is 30. The van der Waals surface area contributed by atoms with E-state index in [0.717, 1.165) is 49.3 Å². The molecule has 3 aromatic rings. The van der Waals surface area contributed by atoms with Crippen LogP contribution in [0.1, 0.15) is 50.6 Å². The Balaban J connectivity index is 0.879. The minimum absolute atomic E-state index is 0.0257. The maximum Gasteiger partial charge on any atom is 0.262 e. The van der Waals surface area contributed by atoms with Crippen molar-refractivity contribution in [2.45, 2.75) is 59.2 Å². The average molecular weight is 1450 g/mol. The molecule has 0 bridgehead atoms. The van der Waals surface area contributed by atoms with Crippen molar-refractivity contribution in [3.8, 4) is 5.88 Å². The summed E-state index contributed by atoms with van der Waals surface area (Å²) in [7, 11) is 0. The van der Waals surface area contributed by atoms with Gasteiger partial charge in [0.15, 0.2) is 11.3 Å². The smallest absolute Gasteiger partial charge is 0.262 e. The van der Waals surface area contributed by atoms with Crippen molar-refractivity contribution in [2.24, 2.45) is 5.11 Å². The van der Waals surface area contributed by atoms with Crippen molar-refractivity contribution < 1.29 is 114 Å². The van der Waals surface area contributed by atoms with Gasteiger partial charge in [-0.25, -0.2) is 4.98 Å². The number of fused-ring (bicyclic) bond motifs is 1. The molecule has 0 saturated carbocycles. The number of rotatable bonds is 82. The van der Waals surface area contributed by atoms with Crippen molar-refractivity contribution in [1.29, 1.82) is 0 Å². The van der Waals surface area contributed by atoms with Gasteiger partial charge in [-0.2, -0.15) is 0 Å². The molecule has 1 aromatic carbocycles. The summed E-state index contributed by atoms with van der Waals surface area (Å²) in [6.45, 7) is 30.7. The lowest BCUT2D eigenvalue weighted by molar-refractivity contribution is -0.0318. The van der Waals surface area contributed by atoms with Crippen molar-refractivity contribution in [2.75, 3.05) is 322 Å². The third-order valence-electron chi connectivity index (χ3n) is 13.4. The number of aromatic nitrogens is 4. The molecular formula is C68H123N9O24. The molecule has 33 heteroatoms. The topological polar surface area (TPSA) is 349 Å². The Labute approximate surface area is 598 Å². The van der Waals surface area contributed by atoms with Crippen LogP contribution in [0, 0.1) is 0 Å². The van der Waals surface area contributed by atoms with E-state index >= 15 is 0 Å². The predicted molar refractivity (Wildman–Crippen MR) is 374 cm³/mol. The van der Waals surface area contributed by atoms with Crippen LogP contribution in [0.25, 0.3) is 21.5 Å². The zero-order valence-corrected chi connectivity index (χ0v) is 60.8. The normalized spacial score (nSPS) is 11.7. The SMILES string of the molecule is CCCCc1nc2c(OC(C)C)nnc(NCc3ccc(CNCCOCCOCCOCCOCCOCCOCCOCCOCCOCCOCCOCCOCCOCCOCCOCCOCCOCCOCCOCCOCCOCCOCCOCCN=[N+]=[N-])cc3)c2[nH]1. The number of aromatic amines is 1. The molecule has 0 saturated heterocycles. The Hall–Kier alpha value is -4.28. The first kappa shape index (κ1) is 90.9. The van der Waals surface area contributed by atoms with Crippen LogP contribution in [0.2, 0.25) is 0 Å². The van der Waals surface area contributed by atoms with Gasteiger partial charge in [-0.15, -0.1) is 10.2 Å². The van der Waals surface area contributed by atoms with Gasteiger partial charge >= 0.3 is 0 Å². The fraction of sp³-hybridized carbons (Fsp3) is 0.838. The Kier molecular flexibility index (Phi) is 65.4. The lowest BCUT2D eigenvalue weighted by Gasteiger charge is -2.11. The molecule has 3 N–H and O–H groups in total. The highest BCUT2D eigenvalue weighted by molar-refractivity contribution is 5.89. The summed E-state index contributed by atoms with van der Waals surface area (Å²) in [5, 5.41) is 19.0. The Morgan fingerprint density at radius 3 is 0.941 bits per heavy atom. The highest BCUT2D eigenvalue weighted by atomic mass is 16.6. The molecule has 101 heavy (non-hydrogen) atoms. The summed E-state index contributed by atoms with van der Waals surface area (Å²) < 4.78 is 133. The summed E-state index contributed by atoms with van der Waals surface area (Å²) in [4.78, 5) is 10.9. The van der Waals surface area contributed by atoms with Crippen LogP contribution in [-0.4, -0.2) is 343 Å². The number of azide groups is 1. The van der Waals surface area contributed by atoms with E-state index in [1.165, 1.54) is 5.56 Å². The van der Waals surface area contributed by atoms with Gasteiger partial charge in [0.1, 0.15) is 11.3 Å². The fourth-order valence-corrected chi connectivity index (χ4v) is 8.26. The molecule has 0 aliphatic rings. The number of benzene rings is 1. The second-order valence-electron chi connectivity index (χ2n) is 21.9. The first-order chi connectivity index (χ1) is 50.1. The summed E-state index contributed by atoms with van der Waals surface area (Å²) >= 11 is 0. The summed E-state index contributed by atoms with van der Waals surface area (Å²) in [5.74, 6) is 2.02. The molecule has 0 aliphatic carbocycles. The number of aryl methyl sites for hydroxylation is 1. The van der Waals surface area contributed by atoms with E-state index in [-0.39, 0.29) is 6.10 Å². The van der Waals surface area contributed by atoms with E-state index in [0.29, 0.717) is 334 Å². The molecule has 2 aromatic heterocycles. The number of imidazole rings is 1. The molecule has 584 valence electrons. The molecular weight excluding hydrogens is 1330 g/mol. The van der Waals surface area contributed by atoms with Gasteiger partial charge in [-0.05, 0) is 36.9 Å². The van der Waals surface area contributed by atoms with E-state index in [2.05, 4.69) is 67.0 Å². The van der Waals surface area contributed by atoms with Crippen molar-refractivity contribution in [3.63, 3.8) is 0 Å². The highest BCUT2D eigenvalue weighted by Crippen LogP contribution is 2.27. The lowest BCUT2D eigenvalue weighted by atomic mass is 10.1. The molecule has 0 spiro atoms. The van der Waals surface area contributed by atoms with Gasteiger partial charge in [-0.1, -0.05) is 42.7 Å². The second kappa shape index (κ2) is 72.7. The van der Waals surface area contributed by atoms with Gasteiger partial charge < -0.3 is 129 Å². The fourth-order valence-electron chi connectivity index (χ4n) is 8.26. The van der Waals surface area contributed by atoms with Crippen LogP contribution in [0.3, 0.4) is 0 Å². The van der Waals surface area contributed by atoms with Crippen molar-refractivity contribution in [1.82, 2.24) is 25.5 Å². The van der Waals surface area contributed by atoms with E-state index in [9.17, 15) is 0 Å². The summed E-state index contributed by atoms with van der Waals surface area (Å²) in [6, 6.07) is 8.48. The van der Waals surface area contributed by atoms with Gasteiger partial charge in [0.05, 0.1) is 310 Å². The van der Waals surface area contributed by atoms with Gasteiger partial charge in [0, 0.05) is 37.5 Å². The number of H-pyrrole nitrogens is 1. The van der Waals surface area contributed by atoms with E-state index in [1.807, 2.05) is 13.8 Å². The number of ether oxygens (including phenoxy) is 24. The Bertz CT molecular complexity index is 2270. The second-order valence-corrected chi connectivity index (χ2v) is 21.9. The zero-order chi connectivity index (χ0) is 71.6. The predicted octanol–water partition coefficient (Wildman–Crippen LogP) is 4.88. The number of anilines is 1.